The van der Waals surface area contributed by atoms with Gasteiger partial charge >= 0.3 is 0 Å². The molecule has 0 atom stereocenters. The van der Waals surface area contributed by atoms with Crippen LogP contribution in [-0.4, -0.2) is 0 Å². The van der Waals surface area contributed by atoms with Crippen molar-refractivity contribution < 1.29 is 5.11 Å². The number of hydrogen-bond acceptors (Lipinski definition) is 0. The van der Waals surface area contributed by atoms with Crippen LogP contribution in [0.2, 0.25) is 0 Å². The molecule has 0 aromatic heterocycles. The average Bonchev–Trinajstić information content (AvgIpc) is 2.04. The third-order valence-electron chi connectivity index (χ3n) is 1.92. The molecular weight excluding hydrogens is 136 g/mol. The zero-order valence-corrected chi connectivity index (χ0v) is 7.05. The maximum absolute atomic E-state index is 11.2. The predicted octanol–water partition coefficient (Wildman–Crippen LogP) is 2.96. The summed E-state index contributed by atoms with van der Waals surface area (Å²) in [7, 11) is 0. The first kappa shape index (κ1) is 8.12. The molecule has 0 bridgehead atoms. The molecule has 0 amide bonds. The van der Waals surface area contributed by atoms with Gasteiger partial charge in [-0.25, -0.2) is 0 Å². The molecule has 0 N–H and O–H groups in total. The third-order valence-corrected chi connectivity index (χ3v) is 1.92. The largest absolute Gasteiger partial charge is 0.290 e. The maximum atomic E-state index is 11.2. The lowest BCUT2D eigenvalue weighted by atomic mass is 10.1. The van der Waals surface area contributed by atoms with E-state index >= 15 is 0 Å². The van der Waals surface area contributed by atoms with Crippen LogP contribution >= 0.6 is 0 Å². The summed E-state index contributed by atoms with van der Waals surface area (Å²) in [4.78, 5) is 0. The minimum atomic E-state index is 0.187. The van der Waals surface area contributed by atoms with Crippen LogP contribution in [0.4, 0.5) is 0 Å². The molecule has 1 rings (SSSR count). The van der Waals surface area contributed by atoms with Crippen LogP contribution in [0.25, 0.3) is 0 Å². The molecule has 1 radical (unpaired) electrons. The van der Waals surface area contributed by atoms with Crippen molar-refractivity contribution in [3.8, 4) is 5.75 Å². The van der Waals surface area contributed by atoms with Crippen LogP contribution in [0.1, 0.15) is 25.0 Å². The van der Waals surface area contributed by atoms with E-state index < -0.39 is 0 Å². The standard InChI is InChI=1S/C10H13O/c1-3-8-5-6-9(4-2)10(11)7-8/h5-7H,3-4H2,1-2H3. The van der Waals surface area contributed by atoms with Crippen molar-refractivity contribution in [2.45, 2.75) is 26.7 Å². The molecule has 1 heteroatoms. The van der Waals surface area contributed by atoms with Crippen LogP contribution in [-0.2, 0) is 17.9 Å². The van der Waals surface area contributed by atoms with Crippen molar-refractivity contribution in [2.75, 3.05) is 0 Å². The van der Waals surface area contributed by atoms with E-state index in [0.29, 0.717) is 0 Å². The highest BCUT2D eigenvalue weighted by atomic mass is 16.3. The highest BCUT2D eigenvalue weighted by molar-refractivity contribution is 5.36. The van der Waals surface area contributed by atoms with E-state index in [1.807, 2.05) is 19.1 Å². The monoisotopic (exact) mass is 149 g/mol. The first-order chi connectivity index (χ1) is 5.27. The van der Waals surface area contributed by atoms with Gasteiger partial charge < -0.3 is 0 Å². The van der Waals surface area contributed by atoms with Crippen molar-refractivity contribution in [3.05, 3.63) is 29.3 Å². The van der Waals surface area contributed by atoms with Crippen LogP contribution in [0.5, 0.6) is 5.75 Å². The normalized spacial score (nSPS) is 10.0. The minimum Gasteiger partial charge on any atom is -0.290 e. The summed E-state index contributed by atoms with van der Waals surface area (Å²) in [5.74, 6) is 0.187. The summed E-state index contributed by atoms with van der Waals surface area (Å²) >= 11 is 0. The number of benzene rings is 1. The van der Waals surface area contributed by atoms with E-state index in [1.54, 1.807) is 6.07 Å². The number of aryl methyl sites for hydroxylation is 2. The predicted molar refractivity (Wildman–Crippen MR) is 45.3 cm³/mol. The molecule has 0 aliphatic rings. The van der Waals surface area contributed by atoms with Gasteiger partial charge in [0.2, 0.25) is 0 Å². The second-order valence-corrected chi connectivity index (χ2v) is 2.65. The van der Waals surface area contributed by atoms with Crippen LogP contribution in [0.15, 0.2) is 18.2 Å². The Hall–Kier alpha value is -0.980. The molecule has 0 heterocycles. The van der Waals surface area contributed by atoms with Crippen molar-refractivity contribution in [1.29, 1.82) is 0 Å². The third kappa shape index (κ3) is 1.73. The smallest absolute Gasteiger partial charge is 0.182 e. The van der Waals surface area contributed by atoms with Crippen LogP contribution in [0, 0.1) is 0 Å². The Balaban J connectivity index is 2.99. The molecule has 0 aliphatic carbocycles. The SMILES string of the molecule is CCc1ccc(CC)c([O])c1. The van der Waals surface area contributed by atoms with E-state index in [1.165, 1.54) is 0 Å². The fraction of sp³-hybridized carbons (Fsp3) is 0.400. The molecule has 0 saturated carbocycles. The van der Waals surface area contributed by atoms with Gasteiger partial charge in [0.1, 0.15) is 0 Å². The summed E-state index contributed by atoms with van der Waals surface area (Å²) < 4.78 is 0. The Morgan fingerprint density at radius 3 is 2.36 bits per heavy atom. The second kappa shape index (κ2) is 3.42. The average molecular weight is 149 g/mol. The van der Waals surface area contributed by atoms with Crippen molar-refractivity contribution in [1.82, 2.24) is 0 Å². The van der Waals surface area contributed by atoms with E-state index in [-0.39, 0.29) is 5.75 Å². The zero-order valence-electron chi connectivity index (χ0n) is 7.05. The zero-order chi connectivity index (χ0) is 8.27. The molecule has 1 aromatic carbocycles. The quantitative estimate of drug-likeness (QED) is 0.616. The summed E-state index contributed by atoms with van der Waals surface area (Å²) in [6.07, 6.45) is 1.78. The molecule has 59 valence electrons. The van der Waals surface area contributed by atoms with Gasteiger partial charge in [-0.3, -0.25) is 5.11 Å². The van der Waals surface area contributed by atoms with Gasteiger partial charge in [-0.1, -0.05) is 26.0 Å². The lowest BCUT2D eigenvalue weighted by molar-refractivity contribution is 0.350. The lowest BCUT2D eigenvalue weighted by Gasteiger charge is -2.00. The first-order valence-corrected chi connectivity index (χ1v) is 4.06. The second-order valence-electron chi connectivity index (χ2n) is 2.65. The van der Waals surface area contributed by atoms with E-state index in [0.717, 1.165) is 24.0 Å². The Morgan fingerprint density at radius 2 is 1.91 bits per heavy atom. The molecule has 0 aliphatic heterocycles. The van der Waals surface area contributed by atoms with Gasteiger partial charge in [0.15, 0.2) is 5.75 Å². The van der Waals surface area contributed by atoms with E-state index in [2.05, 4.69) is 6.92 Å². The molecule has 0 fully saturated rings. The van der Waals surface area contributed by atoms with E-state index in [9.17, 15) is 5.11 Å². The minimum absolute atomic E-state index is 0.187. The van der Waals surface area contributed by atoms with Crippen LogP contribution < -0.4 is 0 Å². The number of hydrogen-bond donors (Lipinski definition) is 0. The summed E-state index contributed by atoms with van der Waals surface area (Å²) in [5, 5.41) is 11.2. The Morgan fingerprint density at radius 1 is 1.18 bits per heavy atom. The van der Waals surface area contributed by atoms with E-state index in [4.69, 9.17) is 0 Å². The first-order valence-electron chi connectivity index (χ1n) is 4.06. The highest BCUT2D eigenvalue weighted by Gasteiger charge is 2.00. The Kier molecular flexibility index (Phi) is 2.53. The van der Waals surface area contributed by atoms with Crippen molar-refractivity contribution in [2.24, 2.45) is 0 Å². The molecular formula is C10H13O. The van der Waals surface area contributed by atoms with Gasteiger partial charge in [-0.2, -0.15) is 0 Å². The van der Waals surface area contributed by atoms with Gasteiger partial charge in [-0.15, -0.1) is 0 Å². The Labute approximate surface area is 67.7 Å². The fourth-order valence-corrected chi connectivity index (χ4v) is 1.11. The van der Waals surface area contributed by atoms with Crippen LogP contribution in [0.3, 0.4) is 0 Å². The van der Waals surface area contributed by atoms with Crippen molar-refractivity contribution >= 4 is 0 Å². The van der Waals surface area contributed by atoms with Gasteiger partial charge in [0, 0.05) is 0 Å². The lowest BCUT2D eigenvalue weighted by Crippen LogP contribution is -1.83. The van der Waals surface area contributed by atoms with Crippen molar-refractivity contribution in [3.63, 3.8) is 0 Å². The molecule has 0 saturated heterocycles. The van der Waals surface area contributed by atoms with Gasteiger partial charge in [0.25, 0.3) is 0 Å². The van der Waals surface area contributed by atoms with Gasteiger partial charge in [0.05, 0.1) is 0 Å². The summed E-state index contributed by atoms with van der Waals surface area (Å²) in [6.45, 7) is 4.06. The summed E-state index contributed by atoms with van der Waals surface area (Å²) in [6, 6.07) is 5.69. The maximum Gasteiger partial charge on any atom is 0.182 e. The highest BCUT2D eigenvalue weighted by Crippen LogP contribution is 2.19. The molecule has 1 aromatic rings. The molecule has 1 nitrogen and oxygen atoms in total. The Bertz CT molecular complexity index is 241. The molecule has 0 unspecified atom stereocenters. The fourth-order valence-electron chi connectivity index (χ4n) is 1.11. The molecule has 11 heavy (non-hydrogen) atoms. The summed E-state index contributed by atoms with van der Waals surface area (Å²) in [5.41, 5.74) is 2.05. The molecule has 0 spiro atoms. The van der Waals surface area contributed by atoms with Gasteiger partial charge in [-0.05, 0) is 30.0 Å². The number of rotatable bonds is 2. The topological polar surface area (TPSA) is 19.9 Å².